The summed E-state index contributed by atoms with van der Waals surface area (Å²) < 4.78 is 0. The average molecular weight is 439 g/mol. The van der Waals surface area contributed by atoms with Crippen LogP contribution in [0.2, 0.25) is 20.2 Å². The summed E-state index contributed by atoms with van der Waals surface area (Å²) >= 11 is 23.8. The van der Waals surface area contributed by atoms with Gasteiger partial charge in [-0.1, -0.05) is 70.7 Å². The van der Waals surface area contributed by atoms with Crippen LogP contribution in [0.15, 0.2) is 48.7 Å². The summed E-state index contributed by atoms with van der Waals surface area (Å²) in [5.74, 6) is -0.550. The van der Waals surface area contributed by atoms with Crippen LogP contribution in [0.5, 0.6) is 0 Å². The van der Waals surface area contributed by atoms with E-state index in [9.17, 15) is 4.79 Å². The van der Waals surface area contributed by atoms with E-state index >= 15 is 0 Å². The van der Waals surface area contributed by atoms with Crippen molar-refractivity contribution in [1.82, 2.24) is 9.97 Å². The SMILES string of the molecule is O=C(Nc1cccc(/C=C/c2ccccn2)c1)c1nc(Cl)c(Cl)c(Cl)c1Cl. The minimum Gasteiger partial charge on any atom is -0.321 e. The van der Waals surface area contributed by atoms with Gasteiger partial charge in [-0.15, -0.1) is 0 Å². The van der Waals surface area contributed by atoms with Crippen LogP contribution in [0.25, 0.3) is 12.2 Å². The number of carbonyl (C=O) groups is 1. The highest BCUT2D eigenvalue weighted by atomic mass is 35.5. The first-order valence-corrected chi connectivity index (χ1v) is 9.17. The molecule has 3 rings (SSSR count). The molecule has 0 saturated carbocycles. The lowest BCUT2D eigenvalue weighted by Crippen LogP contribution is -2.15. The summed E-state index contributed by atoms with van der Waals surface area (Å²) in [5.41, 5.74) is 2.16. The van der Waals surface area contributed by atoms with E-state index in [4.69, 9.17) is 46.4 Å². The lowest BCUT2D eigenvalue weighted by atomic mass is 10.1. The number of hydrogen-bond acceptors (Lipinski definition) is 3. The van der Waals surface area contributed by atoms with Crippen LogP contribution in [0.4, 0.5) is 5.69 Å². The van der Waals surface area contributed by atoms with Crippen molar-refractivity contribution in [3.8, 4) is 0 Å². The third-order valence-corrected chi connectivity index (χ3v) is 5.16. The number of aromatic nitrogens is 2. The maximum atomic E-state index is 12.5. The van der Waals surface area contributed by atoms with Gasteiger partial charge in [-0.05, 0) is 35.9 Å². The van der Waals surface area contributed by atoms with Crippen LogP contribution in [-0.4, -0.2) is 15.9 Å². The van der Waals surface area contributed by atoms with Gasteiger partial charge < -0.3 is 5.32 Å². The minimum atomic E-state index is -0.550. The Labute approximate surface area is 175 Å². The van der Waals surface area contributed by atoms with Crippen molar-refractivity contribution in [2.75, 3.05) is 5.32 Å². The molecule has 27 heavy (non-hydrogen) atoms. The number of hydrogen-bond donors (Lipinski definition) is 1. The topological polar surface area (TPSA) is 54.9 Å². The van der Waals surface area contributed by atoms with E-state index < -0.39 is 5.91 Å². The maximum absolute atomic E-state index is 12.5. The summed E-state index contributed by atoms with van der Waals surface area (Å²) in [7, 11) is 0. The van der Waals surface area contributed by atoms with E-state index in [1.807, 2.05) is 42.5 Å². The van der Waals surface area contributed by atoms with Crippen molar-refractivity contribution in [2.24, 2.45) is 0 Å². The highest BCUT2D eigenvalue weighted by molar-refractivity contribution is 6.52. The molecule has 8 heteroatoms. The quantitative estimate of drug-likeness (QED) is 0.472. The van der Waals surface area contributed by atoms with Gasteiger partial charge in [-0.3, -0.25) is 9.78 Å². The maximum Gasteiger partial charge on any atom is 0.275 e. The van der Waals surface area contributed by atoms with Gasteiger partial charge in [0.1, 0.15) is 10.8 Å². The number of carbonyl (C=O) groups excluding carboxylic acids is 1. The van der Waals surface area contributed by atoms with Gasteiger partial charge in [0.2, 0.25) is 0 Å². The molecule has 0 fully saturated rings. The Morgan fingerprint density at radius 1 is 0.926 bits per heavy atom. The molecule has 0 atom stereocenters. The Balaban J connectivity index is 1.81. The molecule has 2 aromatic heterocycles. The van der Waals surface area contributed by atoms with Crippen molar-refractivity contribution in [3.63, 3.8) is 0 Å². The molecule has 0 spiro atoms. The monoisotopic (exact) mass is 437 g/mol. The largest absolute Gasteiger partial charge is 0.321 e. The van der Waals surface area contributed by atoms with Crippen LogP contribution in [0.1, 0.15) is 21.7 Å². The molecule has 1 N–H and O–H groups in total. The van der Waals surface area contributed by atoms with E-state index in [0.717, 1.165) is 11.3 Å². The number of pyridine rings is 2. The molecule has 0 aliphatic carbocycles. The first-order valence-electron chi connectivity index (χ1n) is 7.66. The van der Waals surface area contributed by atoms with E-state index in [-0.39, 0.29) is 25.9 Å². The third kappa shape index (κ3) is 4.79. The summed E-state index contributed by atoms with van der Waals surface area (Å²) in [5, 5.41) is 2.54. The predicted molar refractivity (Wildman–Crippen MR) is 112 cm³/mol. The van der Waals surface area contributed by atoms with Crippen molar-refractivity contribution in [3.05, 3.63) is 85.8 Å². The first kappa shape index (κ1) is 19.6. The van der Waals surface area contributed by atoms with E-state index in [1.165, 1.54) is 0 Å². The molecular weight excluding hydrogens is 428 g/mol. The fourth-order valence-electron chi connectivity index (χ4n) is 2.20. The number of benzene rings is 1. The second-order valence-corrected chi connectivity index (χ2v) is 6.85. The number of rotatable bonds is 4. The Kier molecular flexibility index (Phi) is 6.34. The van der Waals surface area contributed by atoms with E-state index in [0.29, 0.717) is 5.69 Å². The van der Waals surface area contributed by atoms with Gasteiger partial charge in [-0.25, -0.2) is 4.98 Å². The first-order chi connectivity index (χ1) is 13.0. The number of anilines is 1. The zero-order valence-corrected chi connectivity index (χ0v) is 16.6. The van der Waals surface area contributed by atoms with Gasteiger partial charge in [0.05, 0.1) is 20.8 Å². The molecule has 136 valence electrons. The lowest BCUT2D eigenvalue weighted by Gasteiger charge is -2.09. The van der Waals surface area contributed by atoms with Crippen LogP contribution in [0.3, 0.4) is 0 Å². The third-order valence-electron chi connectivity index (χ3n) is 3.48. The second kappa shape index (κ2) is 8.72. The number of halogens is 4. The van der Waals surface area contributed by atoms with Crippen molar-refractivity contribution < 1.29 is 4.79 Å². The standard InChI is InChI=1S/C19H11Cl4N3O/c20-14-15(21)17(26-18(23)16(14)22)19(27)25-13-6-3-4-11(10-13)7-8-12-5-1-2-9-24-12/h1-10H,(H,25,27)/b8-7+. The minimum absolute atomic E-state index is 0.00143. The highest BCUT2D eigenvalue weighted by Crippen LogP contribution is 2.36. The van der Waals surface area contributed by atoms with Crippen LogP contribution >= 0.6 is 46.4 Å². The molecule has 1 aromatic carbocycles. The highest BCUT2D eigenvalue weighted by Gasteiger charge is 2.20. The zero-order chi connectivity index (χ0) is 19.4. The Hall–Kier alpha value is -2.11. The molecule has 0 unspecified atom stereocenters. The lowest BCUT2D eigenvalue weighted by molar-refractivity contribution is 0.102. The van der Waals surface area contributed by atoms with Gasteiger partial charge in [0.15, 0.2) is 0 Å². The Morgan fingerprint density at radius 3 is 2.48 bits per heavy atom. The Morgan fingerprint density at radius 2 is 1.74 bits per heavy atom. The van der Waals surface area contributed by atoms with E-state index in [2.05, 4.69) is 15.3 Å². The fourth-order valence-corrected chi connectivity index (χ4v) is 3.02. The number of nitrogens with zero attached hydrogens (tertiary/aromatic N) is 2. The molecule has 2 heterocycles. The summed E-state index contributed by atoms with van der Waals surface area (Å²) in [6, 6.07) is 12.9. The Bertz CT molecular complexity index is 1020. The fraction of sp³-hybridized carbons (Fsp3) is 0. The van der Waals surface area contributed by atoms with Crippen LogP contribution < -0.4 is 5.32 Å². The van der Waals surface area contributed by atoms with Gasteiger partial charge in [0, 0.05) is 11.9 Å². The summed E-state index contributed by atoms with van der Waals surface area (Å²) in [4.78, 5) is 20.6. The summed E-state index contributed by atoms with van der Waals surface area (Å²) in [6.45, 7) is 0. The van der Waals surface area contributed by atoms with Crippen LogP contribution in [-0.2, 0) is 0 Å². The normalized spacial score (nSPS) is 11.0. The van der Waals surface area contributed by atoms with Crippen molar-refractivity contribution >= 4 is 70.2 Å². The van der Waals surface area contributed by atoms with Gasteiger partial charge in [0.25, 0.3) is 5.91 Å². The molecule has 0 aliphatic heterocycles. The molecule has 1 amide bonds. The van der Waals surface area contributed by atoms with Gasteiger partial charge in [-0.2, -0.15) is 0 Å². The molecule has 0 bridgehead atoms. The smallest absolute Gasteiger partial charge is 0.275 e. The molecule has 0 saturated heterocycles. The molecule has 4 nitrogen and oxygen atoms in total. The zero-order valence-electron chi connectivity index (χ0n) is 13.6. The molecule has 3 aromatic rings. The molecule has 0 aliphatic rings. The van der Waals surface area contributed by atoms with E-state index in [1.54, 1.807) is 18.3 Å². The second-order valence-electron chi connectivity index (χ2n) is 5.36. The van der Waals surface area contributed by atoms with Crippen LogP contribution in [0, 0.1) is 0 Å². The summed E-state index contributed by atoms with van der Waals surface area (Å²) in [6.07, 6.45) is 5.48. The van der Waals surface area contributed by atoms with Crippen molar-refractivity contribution in [1.29, 1.82) is 0 Å². The predicted octanol–water partition coefficient (Wildman–Crippen LogP) is 6.51. The van der Waals surface area contributed by atoms with Crippen molar-refractivity contribution in [2.45, 2.75) is 0 Å². The molecule has 0 radical (unpaired) electrons. The number of nitrogens with one attached hydrogen (secondary N) is 1. The van der Waals surface area contributed by atoms with Gasteiger partial charge >= 0.3 is 0 Å². The molecular formula is C19H11Cl4N3O. The number of amides is 1. The average Bonchev–Trinajstić information content (AvgIpc) is 2.68.